The van der Waals surface area contributed by atoms with Crippen LogP contribution in [0.5, 0.6) is 0 Å². The fourth-order valence-electron chi connectivity index (χ4n) is 4.00. The number of rotatable bonds is 8. The molecule has 7 nitrogen and oxygen atoms in total. The number of halogens is 2. The van der Waals surface area contributed by atoms with Crippen molar-refractivity contribution in [2.24, 2.45) is 0 Å². The summed E-state index contributed by atoms with van der Waals surface area (Å²) in [7, 11) is 0. The fourth-order valence-corrected chi connectivity index (χ4v) is 4.89. The standard InChI is InChI=1S/C19H34ClFN2O5S/c1-4-5-6-19(21)7-8-22-11(9-19)17(27)23-12(10(2)20)16-14(25)13(24)15(26)18(28-16)29-3/h10-16,18,22,24-26H,4-9H2,1-3H3,(H,23,27). The average Bonchev–Trinajstić information content (AvgIpc) is 2.69. The highest BCUT2D eigenvalue weighted by atomic mass is 35.5. The fraction of sp³-hybridized carbons (Fsp3) is 0.947. The smallest absolute Gasteiger partial charge is 0.237 e. The molecule has 0 spiro atoms. The second kappa shape index (κ2) is 10.9. The van der Waals surface area contributed by atoms with Gasteiger partial charge in [-0.2, -0.15) is 0 Å². The maximum absolute atomic E-state index is 15.1. The van der Waals surface area contributed by atoms with Gasteiger partial charge in [0.1, 0.15) is 35.5 Å². The zero-order valence-electron chi connectivity index (χ0n) is 17.2. The van der Waals surface area contributed by atoms with Crippen molar-refractivity contribution in [1.82, 2.24) is 10.6 Å². The lowest BCUT2D eigenvalue weighted by molar-refractivity contribution is -0.205. The molecule has 2 aliphatic heterocycles. The molecular weight excluding hydrogens is 423 g/mol. The maximum atomic E-state index is 15.1. The van der Waals surface area contributed by atoms with Crippen LogP contribution in [0.1, 0.15) is 46.0 Å². The number of hydrogen-bond donors (Lipinski definition) is 5. The number of hydrogen-bond acceptors (Lipinski definition) is 7. The normalized spacial score (nSPS) is 40.3. The molecule has 2 aliphatic rings. The first-order chi connectivity index (χ1) is 13.6. The average molecular weight is 457 g/mol. The van der Waals surface area contributed by atoms with Gasteiger partial charge >= 0.3 is 0 Å². The van der Waals surface area contributed by atoms with Gasteiger partial charge in [0.05, 0.1) is 17.5 Å². The number of aliphatic hydroxyl groups is 3. The highest BCUT2D eigenvalue weighted by Gasteiger charge is 2.48. The van der Waals surface area contributed by atoms with Crippen LogP contribution in [-0.4, -0.2) is 87.0 Å². The van der Waals surface area contributed by atoms with Crippen molar-refractivity contribution in [2.75, 3.05) is 12.8 Å². The third-order valence-corrected chi connectivity index (χ3v) is 6.95. The maximum Gasteiger partial charge on any atom is 0.237 e. The predicted octanol–water partition coefficient (Wildman–Crippen LogP) is 0.920. The number of piperidine rings is 1. The van der Waals surface area contributed by atoms with Gasteiger partial charge in [-0.05, 0) is 32.6 Å². The van der Waals surface area contributed by atoms with Crippen LogP contribution in [0.25, 0.3) is 0 Å². The van der Waals surface area contributed by atoms with Crippen LogP contribution >= 0.6 is 23.4 Å². The molecule has 2 rings (SSSR count). The van der Waals surface area contributed by atoms with Crippen molar-refractivity contribution in [3.63, 3.8) is 0 Å². The molecule has 9 unspecified atom stereocenters. The number of unbranched alkanes of at least 4 members (excludes halogenated alkanes) is 1. The molecule has 0 aromatic heterocycles. The summed E-state index contributed by atoms with van der Waals surface area (Å²) in [6.45, 7) is 4.05. The summed E-state index contributed by atoms with van der Waals surface area (Å²) in [5.41, 5.74) is -2.15. The van der Waals surface area contributed by atoms with E-state index in [1.54, 1.807) is 13.2 Å². The van der Waals surface area contributed by atoms with Crippen molar-refractivity contribution in [1.29, 1.82) is 0 Å². The van der Waals surface area contributed by atoms with E-state index in [2.05, 4.69) is 10.6 Å². The largest absolute Gasteiger partial charge is 0.388 e. The number of carbonyl (C=O) groups is 1. The number of aliphatic hydroxyl groups excluding tert-OH is 3. The van der Waals surface area contributed by atoms with Gasteiger partial charge in [0.2, 0.25) is 5.91 Å². The topological polar surface area (TPSA) is 111 Å². The lowest BCUT2D eigenvalue weighted by Gasteiger charge is -2.44. The summed E-state index contributed by atoms with van der Waals surface area (Å²) >= 11 is 7.46. The van der Waals surface area contributed by atoms with Gasteiger partial charge < -0.3 is 30.7 Å². The summed E-state index contributed by atoms with van der Waals surface area (Å²) in [4.78, 5) is 12.9. The Hall–Kier alpha value is -0.160. The Morgan fingerprint density at radius 2 is 2.07 bits per heavy atom. The van der Waals surface area contributed by atoms with Gasteiger partial charge in [-0.3, -0.25) is 4.79 Å². The summed E-state index contributed by atoms with van der Waals surface area (Å²) in [5.74, 6) is -0.419. The van der Waals surface area contributed by atoms with Crippen molar-refractivity contribution < 1.29 is 29.2 Å². The number of nitrogens with one attached hydrogen (secondary N) is 2. The molecule has 0 aromatic carbocycles. The monoisotopic (exact) mass is 456 g/mol. The van der Waals surface area contributed by atoms with Crippen LogP contribution < -0.4 is 10.6 Å². The molecule has 0 radical (unpaired) electrons. The highest BCUT2D eigenvalue weighted by Crippen LogP contribution is 2.33. The molecular formula is C19H34ClFN2O5S. The van der Waals surface area contributed by atoms with Gasteiger partial charge in [0.15, 0.2) is 0 Å². The minimum atomic E-state index is -1.43. The molecule has 0 saturated carbocycles. The molecule has 0 bridgehead atoms. The van der Waals surface area contributed by atoms with Crippen molar-refractivity contribution >= 4 is 29.3 Å². The Labute approximate surface area is 181 Å². The van der Waals surface area contributed by atoms with Crippen LogP contribution in [0, 0.1) is 0 Å². The lowest BCUT2D eigenvalue weighted by Crippen LogP contribution is -2.65. The molecule has 2 heterocycles. The first kappa shape index (κ1) is 25.1. The van der Waals surface area contributed by atoms with E-state index >= 15 is 4.39 Å². The SMILES string of the molecule is CCCCC1(F)CCNC(C(=O)NC(C(C)Cl)C2OC(SC)C(O)C(O)C2O)C1. The molecule has 29 heavy (non-hydrogen) atoms. The summed E-state index contributed by atoms with van der Waals surface area (Å²) < 4.78 is 20.8. The van der Waals surface area contributed by atoms with E-state index in [1.165, 1.54) is 11.8 Å². The van der Waals surface area contributed by atoms with E-state index in [0.29, 0.717) is 19.4 Å². The Bertz CT molecular complexity index is 547. The lowest BCUT2D eigenvalue weighted by atomic mass is 9.84. The van der Waals surface area contributed by atoms with E-state index in [4.69, 9.17) is 16.3 Å². The van der Waals surface area contributed by atoms with E-state index in [1.807, 2.05) is 6.92 Å². The van der Waals surface area contributed by atoms with E-state index in [0.717, 1.165) is 12.8 Å². The van der Waals surface area contributed by atoms with Gasteiger partial charge in [0.25, 0.3) is 0 Å². The number of amides is 1. The minimum absolute atomic E-state index is 0.0745. The summed E-state index contributed by atoms with van der Waals surface area (Å²) in [6.07, 6.45) is -0.893. The minimum Gasteiger partial charge on any atom is -0.388 e. The van der Waals surface area contributed by atoms with Gasteiger partial charge in [-0.1, -0.05) is 19.8 Å². The molecule has 0 aliphatic carbocycles. The first-order valence-electron chi connectivity index (χ1n) is 10.2. The molecule has 5 N–H and O–H groups in total. The van der Waals surface area contributed by atoms with Crippen LogP contribution in [0.15, 0.2) is 0 Å². The molecule has 2 saturated heterocycles. The molecule has 10 heteroatoms. The Kier molecular flexibility index (Phi) is 9.46. The van der Waals surface area contributed by atoms with E-state index < -0.39 is 58.9 Å². The summed E-state index contributed by atoms with van der Waals surface area (Å²) in [5, 5.41) is 35.8. The molecule has 1 amide bonds. The van der Waals surface area contributed by atoms with Crippen molar-refractivity contribution in [3.05, 3.63) is 0 Å². The molecule has 0 aromatic rings. The Balaban J connectivity index is 2.08. The Morgan fingerprint density at radius 3 is 2.66 bits per heavy atom. The highest BCUT2D eigenvalue weighted by molar-refractivity contribution is 7.99. The van der Waals surface area contributed by atoms with Crippen LogP contribution in [0.3, 0.4) is 0 Å². The van der Waals surface area contributed by atoms with Crippen LogP contribution in [0.4, 0.5) is 4.39 Å². The van der Waals surface area contributed by atoms with Crippen molar-refractivity contribution in [2.45, 2.75) is 98.9 Å². The second-order valence-corrected chi connectivity index (χ2v) is 9.73. The molecule has 170 valence electrons. The number of thioether (sulfide) groups is 1. The van der Waals surface area contributed by atoms with Crippen molar-refractivity contribution in [3.8, 4) is 0 Å². The quantitative estimate of drug-likeness (QED) is 0.345. The van der Waals surface area contributed by atoms with E-state index in [9.17, 15) is 20.1 Å². The zero-order chi connectivity index (χ0) is 21.8. The third kappa shape index (κ3) is 6.18. The first-order valence-corrected chi connectivity index (χ1v) is 11.9. The Morgan fingerprint density at radius 1 is 1.38 bits per heavy atom. The van der Waals surface area contributed by atoms with Gasteiger partial charge in [0, 0.05) is 6.42 Å². The number of alkyl halides is 2. The van der Waals surface area contributed by atoms with Gasteiger partial charge in [-0.25, -0.2) is 4.39 Å². The number of carbonyl (C=O) groups excluding carboxylic acids is 1. The summed E-state index contributed by atoms with van der Waals surface area (Å²) in [6, 6.07) is -1.54. The zero-order valence-corrected chi connectivity index (χ0v) is 18.8. The third-order valence-electron chi connectivity index (χ3n) is 5.83. The van der Waals surface area contributed by atoms with E-state index in [-0.39, 0.29) is 6.42 Å². The molecule has 2 fully saturated rings. The van der Waals surface area contributed by atoms with Gasteiger partial charge in [-0.15, -0.1) is 23.4 Å². The van der Waals surface area contributed by atoms with Crippen LogP contribution in [0.2, 0.25) is 0 Å². The van der Waals surface area contributed by atoms with Crippen LogP contribution in [-0.2, 0) is 9.53 Å². The predicted molar refractivity (Wildman–Crippen MR) is 112 cm³/mol. The second-order valence-electron chi connectivity index (χ2n) is 8.10. The number of ether oxygens (including phenoxy) is 1. The molecule has 9 atom stereocenters.